The van der Waals surface area contributed by atoms with Gasteiger partial charge in [-0.1, -0.05) is 54.6 Å². The summed E-state index contributed by atoms with van der Waals surface area (Å²) < 4.78 is 1.86. The van der Waals surface area contributed by atoms with Gasteiger partial charge in [-0.2, -0.15) is 5.10 Å². The molecule has 1 amide bonds. The highest BCUT2D eigenvalue weighted by atomic mass is 16.2. The molecule has 0 radical (unpaired) electrons. The molecule has 2 aromatic heterocycles. The average Bonchev–Trinajstić information content (AvgIpc) is 3.34. The number of amides is 1. The lowest BCUT2D eigenvalue weighted by Crippen LogP contribution is -2.47. The van der Waals surface area contributed by atoms with Crippen molar-refractivity contribution in [1.29, 1.82) is 0 Å². The van der Waals surface area contributed by atoms with E-state index in [4.69, 9.17) is 5.10 Å². The Hall–Kier alpha value is -4.03. The standard InChI is InChI=1S/C28H27N5O/c34-27(32-19-17-31(18-20-32)22-25-11-7-8-16-29-25)15-14-24-21-33(26-12-5-2-6-13-26)30-28(24)23-9-3-1-4-10-23/h1-16,21H,17-20,22H2/b15-14+. The van der Waals surface area contributed by atoms with E-state index in [0.717, 1.165) is 47.8 Å². The van der Waals surface area contributed by atoms with Gasteiger partial charge in [0.25, 0.3) is 0 Å². The van der Waals surface area contributed by atoms with Crippen molar-refractivity contribution in [2.45, 2.75) is 6.54 Å². The second-order valence-electron chi connectivity index (χ2n) is 8.34. The number of aromatic nitrogens is 3. The van der Waals surface area contributed by atoms with E-state index < -0.39 is 0 Å². The summed E-state index contributed by atoms with van der Waals surface area (Å²) in [4.78, 5) is 21.6. The molecule has 4 aromatic rings. The highest BCUT2D eigenvalue weighted by Gasteiger charge is 2.20. The number of hydrogen-bond donors (Lipinski definition) is 0. The molecule has 6 nitrogen and oxygen atoms in total. The first-order valence-corrected chi connectivity index (χ1v) is 11.6. The van der Waals surface area contributed by atoms with Crippen LogP contribution in [0, 0.1) is 0 Å². The number of nitrogens with zero attached hydrogens (tertiary/aromatic N) is 5. The fourth-order valence-corrected chi connectivity index (χ4v) is 4.16. The van der Waals surface area contributed by atoms with Crippen LogP contribution in [0.4, 0.5) is 0 Å². The smallest absolute Gasteiger partial charge is 0.246 e. The van der Waals surface area contributed by atoms with E-state index in [2.05, 4.69) is 9.88 Å². The van der Waals surface area contributed by atoms with Crippen molar-refractivity contribution in [3.05, 3.63) is 109 Å². The van der Waals surface area contributed by atoms with Gasteiger partial charge < -0.3 is 4.90 Å². The Morgan fingerprint density at radius 2 is 1.56 bits per heavy atom. The van der Waals surface area contributed by atoms with Crippen LogP contribution >= 0.6 is 0 Å². The number of carbonyl (C=O) groups is 1. The summed E-state index contributed by atoms with van der Waals surface area (Å²) in [6, 6.07) is 26.1. The number of hydrogen-bond acceptors (Lipinski definition) is 4. The molecule has 1 saturated heterocycles. The van der Waals surface area contributed by atoms with Gasteiger partial charge in [-0.3, -0.25) is 14.7 Å². The van der Waals surface area contributed by atoms with Crippen molar-refractivity contribution < 1.29 is 4.79 Å². The van der Waals surface area contributed by atoms with Crippen LogP contribution in [0.1, 0.15) is 11.3 Å². The maximum absolute atomic E-state index is 12.9. The monoisotopic (exact) mass is 449 g/mol. The minimum Gasteiger partial charge on any atom is -0.337 e. The van der Waals surface area contributed by atoms with Crippen molar-refractivity contribution in [3.63, 3.8) is 0 Å². The Balaban J connectivity index is 1.29. The van der Waals surface area contributed by atoms with Gasteiger partial charge >= 0.3 is 0 Å². The van der Waals surface area contributed by atoms with Gasteiger partial charge in [-0.25, -0.2) is 4.68 Å². The molecule has 0 saturated carbocycles. The second-order valence-corrected chi connectivity index (χ2v) is 8.34. The lowest BCUT2D eigenvalue weighted by Gasteiger charge is -2.34. The highest BCUT2D eigenvalue weighted by molar-refractivity contribution is 5.93. The molecule has 0 N–H and O–H groups in total. The Kier molecular flexibility index (Phi) is 6.59. The molecule has 170 valence electrons. The fourth-order valence-electron chi connectivity index (χ4n) is 4.16. The third kappa shape index (κ3) is 5.13. The molecule has 1 fully saturated rings. The molecule has 34 heavy (non-hydrogen) atoms. The molecule has 0 unspecified atom stereocenters. The molecule has 3 heterocycles. The summed E-state index contributed by atoms with van der Waals surface area (Å²) in [5, 5.41) is 4.82. The van der Waals surface area contributed by atoms with Crippen LogP contribution in [-0.4, -0.2) is 56.7 Å². The molecule has 1 aliphatic rings. The fraction of sp³-hybridized carbons (Fsp3) is 0.179. The Morgan fingerprint density at radius 3 is 2.26 bits per heavy atom. The van der Waals surface area contributed by atoms with Crippen molar-refractivity contribution in [2.75, 3.05) is 26.2 Å². The molecule has 0 bridgehead atoms. The molecule has 6 heteroatoms. The normalized spacial score (nSPS) is 14.5. The van der Waals surface area contributed by atoms with Crippen LogP contribution in [0.3, 0.4) is 0 Å². The van der Waals surface area contributed by atoms with Gasteiger partial charge in [-0.05, 0) is 30.3 Å². The van der Waals surface area contributed by atoms with Crippen molar-refractivity contribution in [2.24, 2.45) is 0 Å². The van der Waals surface area contributed by atoms with E-state index in [1.807, 2.05) is 107 Å². The molecule has 2 aromatic carbocycles. The van der Waals surface area contributed by atoms with E-state index in [1.165, 1.54) is 0 Å². The van der Waals surface area contributed by atoms with Gasteiger partial charge in [0.2, 0.25) is 5.91 Å². The first-order chi connectivity index (χ1) is 16.8. The summed E-state index contributed by atoms with van der Waals surface area (Å²) in [6.45, 7) is 3.93. The van der Waals surface area contributed by atoms with Crippen molar-refractivity contribution in [1.82, 2.24) is 24.6 Å². The van der Waals surface area contributed by atoms with Crippen LogP contribution < -0.4 is 0 Å². The number of benzene rings is 2. The van der Waals surface area contributed by atoms with Gasteiger partial charge in [0.1, 0.15) is 0 Å². The predicted octanol–water partition coefficient (Wildman–Crippen LogP) is 4.29. The van der Waals surface area contributed by atoms with E-state index in [-0.39, 0.29) is 5.91 Å². The van der Waals surface area contributed by atoms with Gasteiger partial charge in [0, 0.05) is 62.3 Å². The maximum atomic E-state index is 12.9. The van der Waals surface area contributed by atoms with Gasteiger partial charge in [-0.15, -0.1) is 0 Å². The molecule has 5 rings (SSSR count). The number of carbonyl (C=O) groups excluding carboxylic acids is 1. The van der Waals surface area contributed by atoms with E-state index in [9.17, 15) is 4.79 Å². The first-order valence-electron chi connectivity index (χ1n) is 11.6. The third-order valence-corrected chi connectivity index (χ3v) is 6.01. The van der Waals surface area contributed by atoms with Crippen molar-refractivity contribution >= 4 is 12.0 Å². The SMILES string of the molecule is O=C(/C=C/c1cn(-c2ccccc2)nc1-c1ccccc1)N1CCN(Cc2ccccn2)CC1. The van der Waals surface area contributed by atoms with E-state index >= 15 is 0 Å². The molecular formula is C28H27N5O. The van der Waals surface area contributed by atoms with E-state index in [1.54, 1.807) is 6.08 Å². The third-order valence-electron chi connectivity index (χ3n) is 6.01. The molecule has 0 spiro atoms. The van der Waals surface area contributed by atoms with Crippen LogP contribution in [0.5, 0.6) is 0 Å². The summed E-state index contributed by atoms with van der Waals surface area (Å²) in [5.74, 6) is 0.0314. The van der Waals surface area contributed by atoms with Gasteiger partial charge in [0.05, 0.1) is 17.1 Å². The second kappa shape index (κ2) is 10.3. The molecular weight excluding hydrogens is 422 g/mol. The zero-order chi connectivity index (χ0) is 23.2. The number of para-hydroxylation sites is 1. The highest BCUT2D eigenvalue weighted by Crippen LogP contribution is 2.25. The van der Waals surface area contributed by atoms with E-state index in [0.29, 0.717) is 13.1 Å². The zero-order valence-electron chi connectivity index (χ0n) is 19.0. The Labute approximate surface area is 199 Å². The van der Waals surface area contributed by atoms with Crippen LogP contribution in [0.2, 0.25) is 0 Å². The minimum atomic E-state index is 0.0314. The lowest BCUT2D eigenvalue weighted by molar-refractivity contribution is -0.127. The maximum Gasteiger partial charge on any atom is 0.246 e. The van der Waals surface area contributed by atoms with Crippen LogP contribution in [-0.2, 0) is 11.3 Å². The van der Waals surface area contributed by atoms with Crippen LogP contribution in [0.25, 0.3) is 23.0 Å². The quantitative estimate of drug-likeness (QED) is 0.412. The number of pyridine rings is 1. The summed E-state index contributed by atoms with van der Waals surface area (Å²) in [7, 11) is 0. The average molecular weight is 450 g/mol. The number of rotatable bonds is 6. The molecule has 1 aliphatic heterocycles. The molecule has 0 aliphatic carbocycles. The zero-order valence-corrected chi connectivity index (χ0v) is 19.0. The summed E-state index contributed by atoms with van der Waals surface area (Å²) in [5.41, 5.74) is 4.83. The first kappa shape index (κ1) is 21.8. The van der Waals surface area contributed by atoms with Crippen molar-refractivity contribution in [3.8, 4) is 16.9 Å². The lowest BCUT2D eigenvalue weighted by atomic mass is 10.1. The molecule has 0 atom stereocenters. The largest absolute Gasteiger partial charge is 0.337 e. The Bertz CT molecular complexity index is 1240. The summed E-state index contributed by atoms with van der Waals surface area (Å²) >= 11 is 0. The number of piperazine rings is 1. The summed E-state index contributed by atoms with van der Waals surface area (Å²) in [6.07, 6.45) is 7.36. The Morgan fingerprint density at radius 1 is 0.853 bits per heavy atom. The predicted molar refractivity (Wildman–Crippen MR) is 134 cm³/mol. The van der Waals surface area contributed by atoms with Crippen LogP contribution in [0.15, 0.2) is 97.3 Å². The topological polar surface area (TPSA) is 54.3 Å². The van der Waals surface area contributed by atoms with Gasteiger partial charge in [0.15, 0.2) is 0 Å². The minimum absolute atomic E-state index is 0.0314.